The molecule has 0 unspecified atom stereocenters. The summed E-state index contributed by atoms with van der Waals surface area (Å²) in [5.74, 6) is 0.0733. The number of nitrogens with zero attached hydrogens (tertiary/aromatic N) is 2. The molecule has 1 amide bonds. The molecule has 1 aliphatic heterocycles. The molecule has 2 rings (SSSR count). The van der Waals surface area contributed by atoms with Gasteiger partial charge in [-0.3, -0.25) is 4.79 Å². The quantitative estimate of drug-likeness (QED) is 0.792. The minimum atomic E-state index is -0.176. The Bertz CT molecular complexity index is 388. The van der Waals surface area contributed by atoms with Crippen LogP contribution in [0.2, 0.25) is 0 Å². The highest BCUT2D eigenvalue weighted by atomic mass is 79.9. The molecule has 1 aromatic heterocycles. The molecule has 1 aliphatic rings. The molecular weight excluding hydrogens is 258 g/mol. The summed E-state index contributed by atoms with van der Waals surface area (Å²) in [4.78, 5) is 15.8. The van der Waals surface area contributed by atoms with E-state index in [-0.39, 0.29) is 11.4 Å². The maximum absolute atomic E-state index is 11.7. The Morgan fingerprint density at radius 2 is 2.27 bits per heavy atom. The number of nitrogens with one attached hydrogen (secondary N) is 1. The molecule has 15 heavy (non-hydrogen) atoms. The van der Waals surface area contributed by atoms with Gasteiger partial charge in [-0.05, 0) is 41.9 Å². The number of carbonyl (C=O) groups is 1. The van der Waals surface area contributed by atoms with Crippen LogP contribution in [0.5, 0.6) is 0 Å². The van der Waals surface area contributed by atoms with Crippen molar-refractivity contribution in [1.82, 2.24) is 10.4 Å². The summed E-state index contributed by atoms with van der Waals surface area (Å²) in [6.45, 7) is 3.99. The minimum absolute atomic E-state index is 0.0733. The zero-order chi connectivity index (χ0) is 11.1. The molecular formula is C10H12BrN3O. The number of halogens is 1. The van der Waals surface area contributed by atoms with E-state index in [9.17, 15) is 4.79 Å². The van der Waals surface area contributed by atoms with Crippen molar-refractivity contribution in [2.24, 2.45) is 0 Å². The number of hydrogen-bond donors (Lipinski definition) is 1. The van der Waals surface area contributed by atoms with Gasteiger partial charge in [0.2, 0.25) is 5.91 Å². The standard InChI is InChI=1S/C10H12BrN3O/c1-10(2)5-9(15)14(13-10)7-3-4-8(11)12-6-7/h3-4,6,13H,5H2,1-2H3. The number of carbonyl (C=O) groups excluding carboxylic acids is 1. The normalized spacial score (nSPS) is 19.7. The summed E-state index contributed by atoms with van der Waals surface area (Å²) in [6.07, 6.45) is 2.17. The zero-order valence-electron chi connectivity index (χ0n) is 8.62. The average Bonchev–Trinajstić information content (AvgIpc) is 2.41. The van der Waals surface area contributed by atoms with Crippen molar-refractivity contribution in [3.8, 4) is 0 Å². The molecule has 1 aromatic rings. The van der Waals surface area contributed by atoms with Crippen LogP contribution in [0.15, 0.2) is 22.9 Å². The molecule has 4 nitrogen and oxygen atoms in total. The third kappa shape index (κ3) is 2.18. The van der Waals surface area contributed by atoms with Gasteiger partial charge in [0, 0.05) is 12.0 Å². The molecule has 0 aromatic carbocycles. The Morgan fingerprint density at radius 3 is 2.73 bits per heavy atom. The van der Waals surface area contributed by atoms with Gasteiger partial charge in [-0.15, -0.1) is 0 Å². The molecule has 0 spiro atoms. The predicted molar refractivity (Wildman–Crippen MR) is 61.3 cm³/mol. The fourth-order valence-corrected chi connectivity index (χ4v) is 1.81. The number of hydrazine groups is 1. The molecule has 0 bridgehead atoms. The topological polar surface area (TPSA) is 45.2 Å². The van der Waals surface area contributed by atoms with Crippen LogP contribution in [0.3, 0.4) is 0 Å². The SMILES string of the molecule is CC1(C)CC(=O)N(c2ccc(Br)nc2)N1. The molecule has 0 aliphatic carbocycles. The van der Waals surface area contributed by atoms with Gasteiger partial charge >= 0.3 is 0 Å². The highest BCUT2D eigenvalue weighted by Crippen LogP contribution is 2.24. The van der Waals surface area contributed by atoms with E-state index in [2.05, 4.69) is 26.3 Å². The first-order valence-corrected chi connectivity index (χ1v) is 5.50. The number of hydrogen-bond acceptors (Lipinski definition) is 3. The third-order valence-electron chi connectivity index (χ3n) is 2.23. The summed E-state index contributed by atoms with van der Waals surface area (Å²) in [5.41, 5.74) is 3.74. The monoisotopic (exact) mass is 269 g/mol. The smallest absolute Gasteiger partial charge is 0.243 e. The number of aromatic nitrogens is 1. The first kappa shape index (κ1) is 10.6. The Hall–Kier alpha value is -0.940. The fraction of sp³-hybridized carbons (Fsp3) is 0.400. The molecule has 1 N–H and O–H groups in total. The number of amides is 1. The molecule has 80 valence electrons. The first-order valence-electron chi connectivity index (χ1n) is 4.70. The molecule has 5 heteroatoms. The first-order chi connectivity index (χ1) is 6.98. The molecule has 0 saturated carbocycles. The van der Waals surface area contributed by atoms with Gasteiger partial charge in [0.15, 0.2) is 0 Å². The van der Waals surface area contributed by atoms with Crippen molar-refractivity contribution in [3.05, 3.63) is 22.9 Å². The second-order valence-electron chi connectivity index (χ2n) is 4.24. The van der Waals surface area contributed by atoms with E-state index in [1.807, 2.05) is 26.0 Å². The van der Waals surface area contributed by atoms with Crippen molar-refractivity contribution in [2.75, 3.05) is 5.01 Å². The fourth-order valence-electron chi connectivity index (χ4n) is 1.57. The van der Waals surface area contributed by atoms with E-state index in [1.165, 1.54) is 0 Å². The Morgan fingerprint density at radius 1 is 1.53 bits per heavy atom. The number of pyridine rings is 1. The molecule has 1 saturated heterocycles. The van der Waals surface area contributed by atoms with Gasteiger partial charge in [-0.1, -0.05) is 0 Å². The van der Waals surface area contributed by atoms with Gasteiger partial charge in [0.05, 0.1) is 11.9 Å². The Labute approximate surface area is 96.8 Å². The lowest BCUT2D eigenvalue weighted by atomic mass is 10.0. The lowest BCUT2D eigenvalue weighted by Crippen LogP contribution is -2.42. The van der Waals surface area contributed by atoms with E-state index < -0.39 is 0 Å². The Kier molecular flexibility index (Phi) is 2.52. The highest BCUT2D eigenvalue weighted by molar-refractivity contribution is 9.10. The van der Waals surface area contributed by atoms with Crippen LogP contribution in [-0.2, 0) is 4.79 Å². The summed E-state index contributed by atoms with van der Waals surface area (Å²) in [7, 11) is 0. The summed E-state index contributed by atoms with van der Waals surface area (Å²) >= 11 is 3.26. The summed E-state index contributed by atoms with van der Waals surface area (Å²) in [5, 5.41) is 1.56. The van der Waals surface area contributed by atoms with E-state index in [0.29, 0.717) is 6.42 Å². The van der Waals surface area contributed by atoms with Gasteiger partial charge in [0.1, 0.15) is 4.60 Å². The van der Waals surface area contributed by atoms with Crippen LogP contribution in [0.4, 0.5) is 5.69 Å². The average molecular weight is 270 g/mol. The molecule has 2 heterocycles. The van der Waals surface area contributed by atoms with Crippen LogP contribution in [-0.4, -0.2) is 16.4 Å². The third-order valence-corrected chi connectivity index (χ3v) is 2.70. The maximum atomic E-state index is 11.7. The van der Waals surface area contributed by atoms with Crippen molar-refractivity contribution in [2.45, 2.75) is 25.8 Å². The molecule has 1 fully saturated rings. The van der Waals surface area contributed by atoms with Crippen LogP contribution >= 0.6 is 15.9 Å². The largest absolute Gasteiger partial charge is 0.273 e. The van der Waals surface area contributed by atoms with Crippen molar-refractivity contribution < 1.29 is 4.79 Å². The van der Waals surface area contributed by atoms with E-state index in [1.54, 1.807) is 11.2 Å². The van der Waals surface area contributed by atoms with Crippen LogP contribution in [0, 0.1) is 0 Å². The van der Waals surface area contributed by atoms with Crippen LogP contribution in [0.25, 0.3) is 0 Å². The summed E-state index contributed by atoms with van der Waals surface area (Å²) < 4.78 is 0.761. The van der Waals surface area contributed by atoms with Crippen LogP contribution < -0.4 is 10.4 Å². The Balaban J connectivity index is 2.25. The van der Waals surface area contributed by atoms with Crippen molar-refractivity contribution in [3.63, 3.8) is 0 Å². The highest BCUT2D eigenvalue weighted by Gasteiger charge is 2.35. The second kappa shape index (κ2) is 3.57. The minimum Gasteiger partial charge on any atom is -0.273 e. The van der Waals surface area contributed by atoms with Crippen molar-refractivity contribution in [1.29, 1.82) is 0 Å². The van der Waals surface area contributed by atoms with E-state index >= 15 is 0 Å². The number of anilines is 1. The van der Waals surface area contributed by atoms with E-state index in [4.69, 9.17) is 0 Å². The van der Waals surface area contributed by atoms with Gasteiger partial charge < -0.3 is 0 Å². The second-order valence-corrected chi connectivity index (χ2v) is 5.05. The lowest BCUT2D eigenvalue weighted by Gasteiger charge is -2.21. The maximum Gasteiger partial charge on any atom is 0.243 e. The van der Waals surface area contributed by atoms with Gasteiger partial charge in [-0.2, -0.15) is 0 Å². The predicted octanol–water partition coefficient (Wildman–Crippen LogP) is 1.86. The lowest BCUT2D eigenvalue weighted by molar-refractivity contribution is -0.117. The van der Waals surface area contributed by atoms with Crippen LogP contribution in [0.1, 0.15) is 20.3 Å². The molecule has 0 atom stereocenters. The summed E-state index contributed by atoms with van der Waals surface area (Å²) in [6, 6.07) is 3.67. The van der Waals surface area contributed by atoms with Crippen molar-refractivity contribution >= 4 is 27.5 Å². The number of rotatable bonds is 1. The van der Waals surface area contributed by atoms with E-state index in [0.717, 1.165) is 10.3 Å². The molecule has 0 radical (unpaired) electrons. The van der Waals surface area contributed by atoms with Gasteiger partial charge in [-0.25, -0.2) is 15.4 Å². The zero-order valence-corrected chi connectivity index (χ0v) is 10.2. The van der Waals surface area contributed by atoms with Gasteiger partial charge in [0.25, 0.3) is 0 Å².